The molecular formula is C15H26O3. The molecule has 0 aliphatic carbocycles. The van der Waals surface area contributed by atoms with Gasteiger partial charge in [-0.25, -0.2) is 0 Å². The Morgan fingerprint density at radius 2 is 1.94 bits per heavy atom. The van der Waals surface area contributed by atoms with Crippen LogP contribution >= 0.6 is 0 Å². The van der Waals surface area contributed by atoms with Crippen molar-refractivity contribution in [2.45, 2.75) is 69.9 Å². The van der Waals surface area contributed by atoms with Crippen LogP contribution in [-0.2, 0) is 14.2 Å². The van der Waals surface area contributed by atoms with E-state index in [0.29, 0.717) is 6.61 Å². The van der Waals surface area contributed by atoms with Crippen molar-refractivity contribution in [1.29, 1.82) is 0 Å². The number of ether oxygens (including phenoxy) is 3. The van der Waals surface area contributed by atoms with Gasteiger partial charge >= 0.3 is 0 Å². The Kier molecular flexibility index (Phi) is 6.18. The standard InChI is InChI=1S/C15H26O3/c1-2-3-4-5-6-7-10-15-17-12-14-13(18-15)9-8-11-16-14/h2,13-15H,1,3-12H2/t13-,14+,15+/m0/s1. The van der Waals surface area contributed by atoms with Gasteiger partial charge in [0.05, 0.1) is 12.7 Å². The van der Waals surface area contributed by atoms with Crippen molar-refractivity contribution in [3.8, 4) is 0 Å². The van der Waals surface area contributed by atoms with Crippen molar-refractivity contribution in [2.75, 3.05) is 13.2 Å². The Morgan fingerprint density at radius 1 is 1.06 bits per heavy atom. The van der Waals surface area contributed by atoms with Crippen LogP contribution in [0.2, 0.25) is 0 Å². The van der Waals surface area contributed by atoms with Gasteiger partial charge in [0.1, 0.15) is 6.10 Å². The summed E-state index contributed by atoms with van der Waals surface area (Å²) in [4.78, 5) is 0. The van der Waals surface area contributed by atoms with Gasteiger partial charge < -0.3 is 14.2 Å². The molecule has 0 unspecified atom stereocenters. The number of hydrogen-bond acceptors (Lipinski definition) is 3. The quantitative estimate of drug-likeness (QED) is 0.514. The summed E-state index contributed by atoms with van der Waals surface area (Å²) in [5.41, 5.74) is 0. The van der Waals surface area contributed by atoms with Crippen molar-refractivity contribution >= 4 is 0 Å². The molecule has 2 aliphatic rings. The van der Waals surface area contributed by atoms with E-state index in [1.165, 1.54) is 25.7 Å². The number of rotatable bonds is 7. The van der Waals surface area contributed by atoms with Gasteiger partial charge in [-0.3, -0.25) is 0 Å². The molecule has 2 aliphatic heterocycles. The van der Waals surface area contributed by atoms with Crippen LogP contribution in [0.4, 0.5) is 0 Å². The van der Waals surface area contributed by atoms with E-state index in [2.05, 4.69) is 6.58 Å². The molecule has 2 fully saturated rings. The molecule has 0 amide bonds. The topological polar surface area (TPSA) is 27.7 Å². The second kappa shape index (κ2) is 7.93. The monoisotopic (exact) mass is 254 g/mol. The van der Waals surface area contributed by atoms with Crippen LogP contribution in [0, 0.1) is 0 Å². The fraction of sp³-hybridized carbons (Fsp3) is 0.867. The lowest BCUT2D eigenvalue weighted by Crippen LogP contribution is -2.47. The SMILES string of the molecule is C=CCCCCCC[C@@H]1OC[C@H]2OCCC[C@@H]2O1. The molecule has 0 aromatic carbocycles. The van der Waals surface area contributed by atoms with Gasteiger partial charge in [0, 0.05) is 6.61 Å². The zero-order valence-electron chi connectivity index (χ0n) is 11.3. The molecule has 3 atom stereocenters. The molecular weight excluding hydrogens is 228 g/mol. The van der Waals surface area contributed by atoms with E-state index in [1.807, 2.05) is 6.08 Å². The van der Waals surface area contributed by atoms with E-state index in [9.17, 15) is 0 Å². The summed E-state index contributed by atoms with van der Waals surface area (Å²) in [5.74, 6) is 0. The normalized spacial score (nSPS) is 31.9. The summed E-state index contributed by atoms with van der Waals surface area (Å²) in [6, 6.07) is 0. The minimum Gasteiger partial charge on any atom is -0.373 e. The Labute approximate surface area is 110 Å². The molecule has 2 saturated heterocycles. The number of fused-ring (bicyclic) bond motifs is 1. The summed E-state index contributed by atoms with van der Waals surface area (Å²) in [5, 5.41) is 0. The maximum atomic E-state index is 5.95. The molecule has 2 rings (SSSR count). The smallest absolute Gasteiger partial charge is 0.158 e. The minimum absolute atomic E-state index is 0.00681. The lowest BCUT2D eigenvalue weighted by Gasteiger charge is -2.39. The average molecular weight is 254 g/mol. The largest absolute Gasteiger partial charge is 0.373 e. The molecule has 104 valence electrons. The molecule has 18 heavy (non-hydrogen) atoms. The highest BCUT2D eigenvalue weighted by atomic mass is 16.7. The van der Waals surface area contributed by atoms with Crippen molar-refractivity contribution in [3.63, 3.8) is 0 Å². The minimum atomic E-state index is 0.00681. The molecule has 2 heterocycles. The maximum absolute atomic E-state index is 5.95. The summed E-state index contributed by atoms with van der Waals surface area (Å²) >= 11 is 0. The fourth-order valence-electron chi connectivity index (χ4n) is 2.66. The van der Waals surface area contributed by atoms with E-state index < -0.39 is 0 Å². The van der Waals surface area contributed by atoms with E-state index in [4.69, 9.17) is 14.2 Å². The molecule has 0 radical (unpaired) electrons. The molecule has 0 spiro atoms. The molecule has 0 N–H and O–H groups in total. The molecule has 3 heteroatoms. The Hall–Kier alpha value is -0.380. The Balaban J connectivity index is 1.55. The first-order chi connectivity index (χ1) is 8.90. The van der Waals surface area contributed by atoms with Crippen molar-refractivity contribution in [3.05, 3.63) is 12.7 Å². The summed E-state index contributed by atoms with van der Waals surface area (Å²) in [7, 11) is 0. The first-order valence-corrected chi connectivity index (χ1v) is 7.39. The number of allylic oxidation sites excluding steroid dienone is 1. The third-order valence-corrected chi connectivity index (χ3v) is 3.75. The van der Waals surface area contributed by atoms with E-state index in [1.54, 1.807) is 0 Å². The zero-order valence-corrected chi connectivity index (χ0v) is 11.3. The van der Waals surface area contributed by atoms with Crippen molar-refractivity contribution in [2.24, 2.45) is 0 Å². The van der Waals surface area contributed by atoms with Crippen molar-refractivity contribution < 1.29 is 14.2 Å². The summed E-state index contributed by atoms with van der Waals surface area (Å²) in [6.45, 7) is 5.32. The van der Waals surface area contributed by atoms with E-state index >= 15 is 0 Å². The van der Waals surface area contributed by atoms with Gasteiger partial charge in [0.15, 0.2) is 6.29 Å². The van der Waals surface area contributed by atoms with E-state index in [0.717, 1.165) is 32.3 Å². The highest BCUT2D eigenvalue weighted by molar-refractivity contribution is 4.78. The van der Waals surface area contributed by atoms with Crippen LogP contribution in [-0.4, -0.2) is 31.7 Å². The zero-order chi connectivity index (χ0) is 12.6. The predicted molar refractivity (Wildman–Crippen MR) is 71.5 cm³/mol. The van der Waals surface area contributed by atoms with Gasteiger partial charge in [0.25, 0.3) is 0 Å². The van der Waals surface area contributed by atoms with Crippen molar-refractivity contribution in [1.82, 2.24) is 0 Å². The van der Waals surface area contributed by atoms with Gasteiger partial charge in [-0.2, -0.15) is 0 Å². The maximum Gasteiger partial charge on any atom is 0.158 e. The molecule has 0 saturated carbocycles. The van der Waals surface area contributed by atoms with Gasteiger partial charge in [0.2, 0.25) is 0 Å². The molecule has 0 aromatic heterocycles. The average Bonchev–Trinajstić information content (AvgIpc) is 2.42. The first kappa shape index (κ1) is 14.0. The second-order valence-electron chi connectivity index (χ2n) is 5.27. The van der Waals surface area contributed by atoms with E-state index in [-0.39, 0.29) is 18.5 Å². The Bertz CT molecular complexity index is 242. The van der Waals surface area contributed by atoms with Gasteiger partial charge in [-0.15, -0.1) is 6.58 Å². The fourth-order valence-corrected chi connectivity index (χ4v) is 2.66. The van der Waals surface area contributed by atoms with Crippen LogP contribution < -0.4 is 0 Å². The second-order valence-corrected chi connectivity index (χ2v) is 5.27. The summed E-state index contributed by atoms with van der Waals surface area (Å²) in [6.07, 6.45) is 11.9. The lowest BCUT2D eigenvalue weighted by molar-refractivity contribution is -0.274. The first-order valence-electron chi connectivity index (χ1n) is 7.39. The van der Waals surface area contributed by atoms with Gasteiger partial charge in [-0.05, 0) is 38.5 Å². The molecule has 3 nitrogen and oxygen atoms in total. The van der Waals surface area contributed by atoms with Crippen LogP contribution in [0.1, 0.15) is 51.4 Å². The number of unbranched alkanes of at least 4 members (excludes halogenated alkanes) is 4. The van der Waals surface area contributed by atoms with Crippen LogP contribution in [0.25, 0.3) is 0 Å². The summed E-state index contributed by atoms with van der Waals surface area (Å²) < 4.78 is 17.3. The molecule has 0 aromatic rings. The van der Waals surface area contributed by atoms with Gasteiger partial charge in [-0.1, -0.05) is 18.9 Å². The van der Waals surface area contributed by atoms with Crippen LogP contribution in [0.15, 0.2) is 12.7 Å². The lowest BCUT2D eigenvalue weighted by atomic mass is 10.0. The number of hydrogen-bond donors (Lipinski definition) is 0. The van der Waals surface area contributed by atoms with Crippen LogP contribution in [0.3, 0.4) is 0 Å². The highest BCUT2D eigenvalue weighted by Gasteiger charge is 2.34. The van der Waals surface area contributed by atoms with Crippen LogP contribution in [0.5, 0.6) is 0 Å². The third-order valence-electron chi connectivity index (χ3n) is 3.75. The third kappa shape index (κ3) is 4.38. The Morgan fingerprint density at radius 3 is 2.83 bits per heavy atom. The predicted octanol–water partition coefficient (Wildman–Crippen LogP) is 3.43. The molecule has 0 bridgehead atoms. The highest BCUT2D eigenvalue weighted by Crippen LogP contribution is 2.26.